The molecular formula is C33H32N2O4. The molecule has 1 fully saturated rings. The predicted molar refractivity (Wildman–Crippen MR) is 152 cm³/mol. The number of fused-ring (bicyclic) bond motifs is 1. The molecule has 39 heavy (non-hydrogen) atoms. The van der Waals surface area contributed by atoms with Gasteiger partial charge in [0.05, 0.1) is 36.9 Å². The topological polar surface area (TPSA) is 54.7 Å². The van der Waals surface area contributed by atoms with Crippen LogP contribution in [0.4, 0.5) is 0 Å². The van der Waals surface area contributed by atoms with Crippen molar-refractivity contribution >= 4 is 11.0 Å². The Hall–Kier alpha value is -4.29. The Morgan fingerprint density at radius 1 is 0.821 bits per heavy atom. The van der Waals surface area contributed by atoms with Gasteiger partial charge in [-0.25, -0.2) is 4.98 Å². The van der Waals surface area contributed by atoms with E-state index in [9.17, 15) is 0 Å². The van der Waals surface area contributed by atoms with Crippen LogP contribution in [0.15, 0.2) is 91.0 Å². The van der Waals surface area contributed by atoms with Crippen LogP contribution in [0.5, 0.6) is 17.2 Å². The number of hydrogen-bond acceptors (Lipinski definition) is 5. The lowest BCUT2D eigenvalue weighted by atomic mass is 9.97. The number of benzene rings is 4. The third-order valence-electron chi connectivity index (χ3n) is 7.28. The summed E-state index contributed by atoms with van der Waals surface area (Å²) >= 11 is 0. The normalized spacial score (nSPS) is 14.1. The number of hydrogen-bond donors (Lipinski definition) is 0. The van der Waals surface area contributed by atoms with Gasteiger partial charge < -0.3 is 23.5 Å². The van der Waals surface area contributed by atoms with Crippen molar-refractivity contribution in [2.75, 3.05) is 20.3 Å². The van der Waals surface area contributed by atoms with E-state index in [1.54, 1.807) is 7.11 Å². The van der Waals surface area contributed by atoms with Crippen LogP contribution in [0.25, 0.3) is 22.4 Å². The van der Waals surface area contributed by atoms with Crippen molar-refractivity contribution < 1.29 is 18.9 Å². The minimum absolute atomic E-state index is 0.196. The third-order valence-corrected chi connectivity index (χ3v) is 7.28. The van der Waals surface area contributed by atoms with Crippen LogP contribution in [-0.2, 0) is 23.5 Å². The molecule has 6 rings (SSSR count). The van der Waals surface area contributed by atoms with Crippen LogP contribution in [0.2, 0.25) is 0 Å². The fraction of sp³-hybridized carbons (Fsp3) is 0.242. The molecule has 2 heterocycles. The SMILES string of the molecule is COc1c(C)c(-c2nc3ccccc3n2C2(C)COC2)cc(OCc2ccccc2)c1OCc1ccccc1. The van der Waals surface area contributed by atoms with Gasteiger partial charge in [-0.3, -0.25) is 0 Å². The van der Waals surface area contributed by atoms with Crippen molar-refractivity contribution in [3.63, 3.8) is 0 Å². The van der Waals surface area contributed by atoms with E-state index in [1.807, 2.05) is 79.7 Å². The molecule has 0 radical (unpaired) electrons. The number of nitrogens with zero attached hydrogens (tertiary/aromatic N) is 2. The second-order valence-electron chi connectivity index (χ2n) is 10.2. The summed E-state index contributed by atoms with van der Waals surface area (Å²) in [6, 6.07) is 30.5. The van der Waals surface area contributed by atoms with Crippen molar-refractivity contribution in [1.29, 1.82) is 0 Å². The molecule has 0 amide bonds. The van der Waals surface area contributed by atoms with E-state index in [1.165, 1.54) is 0 Å². The van der Waals surface area contributed by atoms with Crippen LogP contribution in [-0.4, -0.2) is 29.9 Å². The molecular weight excluding hydrogens is 488 g/mol. The second kappa shape index (κ2) is 10.5. The van der Waals surface area contributed by atoms with E-state index >= 15 is 0 Å². The van der Waals surface area contributed by atoms with E-state index in [0.29, 0.717) is 43.7 Å². The average molecular weight is 521 g/mol. The van der Waals surface area contributed by atoms with E-state index < -0.39 is 0 Å². The first-order valence-corrected chi connectivity index (χ1v) is 13.2. The monoisotopic (exact) mass is 520 g/mol. The van der Waals surface area contributed by atoms with Crippen molar-refractivity contribution in [1.82, 2.24) is 9.55 Å². The Morgan fingerprint density at radius 3 is 2.05 bits per heavy atom. The summed E-state index contributed by atoms with van der Waals surface area (Å²) in [5, 5.41) is 0. The van der Waals surface area contributed by atoms with Crippen molar-refractivity contribution in [2.24, 2.45) is 0 Å². The Kier molecular flexibility index (Phi) is 6.71. The molecule has 0 saturated carbocycles. The highest BCUT2D eigenvalue weighted by Gasteiger charge is 2.39. The summed E-state index contributed by atoms with van der Waals surface area (Å²) in [6.07, 6.45) is 0. The highest BCUT2D eigenvalue weighted by atomic mass is 16.5. The van der Waals surface area contributed by atoms with Crippen LogP contribution in [0, 0.1) is 6.92 Å². The number of aromatic nitrogens is 2. The Labute approximate surface area is 228 Å². The molecule has 6 heteroatoms. The number of para-hydroxylation sites is 2. The zero-order chi connectivity index (χ0) is 26.8. The first kappa shape index (κ1) is 25.0. The molecule has 1 aromatic heterocycles. The maximum absolute atomic E-state index is 6.44. The first-order chi connectivity index (χ1) is 19.1. The molecule has 0 N–H and O–H groups in total. The van der Waals surface area contributed by atoms with Crippen molar-refractivity contribution in [3.8, 4) is 28.6 Å². The largest absolute Gasteiger partial charge is 0.492 e. The van der Waals surface area contributed by atoms with E-state index in [0.717, 1.165) is 39.1 Å². The maximum Gasteiger partial charge on any atom is 0.204 e. The summed E-state index contributed by atoms with van der Waals surface area (Å²) in [5.41, 5.74) is 5.83. The van der Waals surface area contributed by atoms with Gasteiger partial charge in [0, 0.05) is 11.1 Å². The van der Waals surface area contributed by atoms with Gasteiger partial charge in [-0.2, -0.15) is 0 Å². The molecule has 5 aromatic rings. The summed E-state index contributed by atoms with van der Waals surface area (Å²) in [5.74, 6) is 2.69. The molecule has 0 unspecified atom stereocenters. The fourth-order valence-corrected chi connectivity index (χ4v) is 5.18. The van der Waals surface area contributed by atoms with Crippen LogP contribution in [0.1, 0.15) is 23.6 Å². The lowest BCUT2D eigenvalue weighted by Gasteiger charge is -2.41. The first-order valence-electron chi connectivity index (χ1n) is 13.2. The van der Waals surface area contributed by atoms with E-state index in [4.69, 9.17) is 23.9 Å². The minimum atomic E-state index is -0.196. The zero-order valence-corrected chi connectivity index (χ0v) is 22.5. The van der Waals surface area contributed by atoms with Gasteiger partial charge in [-0.15, -0.1) is 0 Å². The van der Waals surface area contributed by atoms with Gasteiger partial charge in [0.15, 0.2) is 11.5 Å². The number of imidazole rings is 1. The molecule has 6 nitrogen and oxygen atoms in total. The van der Waals surface area contributed by atoms with Gasteiger partial charge in [0.25, 0.3) is 0 Å². The number of ether oxygens (including phenoxy) is 4. The summed E-state index contributed by atoms with van der Waals surface area (Å²) in [6.45, 7) is 6.32. The lowest BCUT2D eigenvalue weighted by molar-refractivity contribution is -0.0868. The lowest BCUT2D eigenvalue weighted by Crippen LogP contribution is -2.49. The summed E-state index contributed by atoms with van der Waals surface area (Å²) < 4.78 is 26.8. The Morgan fingerprint density at radius 2 is 1.44 bits per heavy atom. The Bertz CT molecular complexity index is 1590. The molecule has 0 atom stereocenters. The maximum atomic E-state index is 6.44. The summed E-state index contributed by atoms with van der Waals surface area (Å²) in [7, 11) is 1.67. The van der Waals surface area contributed by atoms with Crippen LogP contribution < -0.4 is 14.2 Å². The highest BCUT2D eigenvalue weighted by molar-refractivity contribution is 5.83. The van der Waals surface area contributed by atoms with Crippen molar-refractivity contribution in [3.05, 3.63) is 108 Å². The standard InChI is InChI=1S/C33H32N2O4/c1-23-26(32-34-27-16-10-11-17-28(27)35(32)33(2)21-37-22-33)18-29(38-19-24-12-6-4-7-13-24)31(30(23)36-3)39-20-25-14-8-5-9-15-25/h4-18H,19-22H2,1-3H3. The highest BCUT2D eigenvalue weighted by Crippen LogP contribution is 2.47. The van der Waals surface area contributed by atoms with E-state index in [2.05, 4.69) is 29.7 Å². The average Bonchev–Trinajstić information content (AvgIpc) is 3.35. The molecule has 1 saturated heterocycles. The smallest absolute Gasteiger partial charge is 0.204 e. The van der Waals surface area contributed by atoms with Crippen LogP contribution >= 0.6 is 0 Å². The molecule has 0 spiro atoms. The molecule has 1 aliphatic rings. The molecule has 1 aliphatic heterocycles. The van der Waals surface area contributed by atoms with Gasteiger partial charge in [-0.1, -0.05) is 72.8 Å². The minimum Gasteiger partial charge on any atom is -0.492 e. The van der Waals surface area contributed by atoms with Crippen molar-refractivity contribution in [2.45, 2.75) is 32.6 Å². The molecule has 198 valence electrons. The van der Waals surface area contributed by atoms with Crippen LogP contribution in [0.3, 0.4) is 0 Å². The van der Waals surface area contributed by atoms with Gasteiger partial charge in [-0.05, 0) is 43.2 Å². The number of methoxy groups -OCH3 is 1. The number of rotatable bonds is 9. The zero-order valence-electron chi connectivity index (χ0n) is 22.5. The van der Waals surface area contributed by atoms with Gasteiger partial charge in [0.2, 0.25) is 5.75 Å². The fourth-order valence-electron chi connectivity index (χ4n) is 5.18. The quantitative estimate of drug-likeness (QED) is 0.211. The predicted octanol–water partition coefficient (Wildman–Crippen LogP) is 6.92. The van der Waals surface area contributed by atoms with E-state index in [-0.39, 0.29) is 5.54 Å². The molecule has 4 aromatic carbocycles. The molecule has 0 aliphatic carbocycles. The van der Waals surface area contributed by atoms with Gasteiger partial charge in [0.1, 0.15) is 19.0 Å². The Balaban J connectivity index is 1.49. The third kappa shape index (κ3) is 4.72. The van der Waals surface area contributed by atoms with Gasteiger partial charge >= 0.3 is 0 Å². The second-order valence-corrected chi connectivity index (χ2v) is 10.2. The summed E-state index contributed by atoms with van der Waals surface area (Å²) in [4.78, 5) is 5.11. The molecule has 0 bridgehead atoms.